The number of benzene rings is 1. The van der Waals surface area contributed by atoms with E-state index in [1.165, 1.54) is 12.8 Å². The molecule has 27 heavy (non-hydrogen) atoms. The maximum absolute atomic E-state index is 12.3. The number of H-pyrrole nitrogens is 1. The van der Waals surface area contributed by atoms with Crippen LogP contribution in [-0.4, -0.2) is 49.6 Å². The molecule has 0 radical (unpaired) electrons. The fourth-order valence-electron chi connectivity index (χ4n) is 3.43. The lowest BCUT2D eigenvalue weighted by atomic mass is 9.94. The van der Waals surface area contributed by atoms with E-state index in [-0.39, 0.29) is 17.0 Å². The fraction of sp³-hybridized carbons (Fsp3) is 0.429. The van der Waals surface area contributed by atoms with Crippen LogP contribution >= 0.6 is 0 Å². The molecule has 1 aromatic heterocycles. The zero-order chi connectivity index (χ0) is 19.2. The normalized spacial score (nSPS) is 15.5. The highest BCUT2D eigenvalue weighted by Crippen LogP contribution is 2.20. The Balaban J connectivity index is 1.57. The van der Waals surface area contributed by atoms with Gasteiger partial charge in [-0.2, -0.15) is 0 Å². The number of carbonyl (C=O) groups is 1. The molecule has 2 heterocycles. The number of methoxy groups -OCH3 is 1. The lowest BCUT2D eigenvalue weighted by molar-refractivity contribution is 0.0947. The Labute approximate surface area is 159 Å². The summed E-state index contributed by atoms with van der Waals surface area (Å²) in [5, 5.41) is 2.88. The summed E-state index contributed by atoms with van der Waals surface area (Å²) in [5.41, 5.74) is 1.31. The van der Waals surface area contributed by atoms with E-state index in [2.05, 4.69) is 22.2 Å². The van der Waals surface area contributed by atoms with Crippen molar-refractivity contribution in [3.8, 4) is 17.0 Å². The molecule has 1 saturated heterocycles. The van der Waals surface area contributed by atoms with E-state index in [1.807, 2.05) is 24.3 Å². The Morgan fingerprint density at radius 1 is 1.19 bits per heavy atom. The van der Waals surface area contributed by atoms with Crippen molar-refractivity contribution in [2.75, 3.05) is 33.8 Å². The minimum absolute atomic E-state index is 0.149. The number of aromatic nitrogens is 1. The van der Waals surface area contributed by atoms with E-state index in [9.17, 15) is 9.59 Å². The number of pyridine rings is 1. The van der Waals surface area contributed by atoms with Crippen LogP contribution in [0.3, 0.4) is 0 Å². The zero-order valence-corrected chi connectivity index (χ0v) is 16.0. The number of ether oxygens (including phenoxy) is 1. The van der Waals surface area contributed by atoms with Gasteiger partial charge in [-0.1, -0.05) is 0 Å². The average molecular weight is 369 g/mol. The average Bonchev–Trinajstić information content (AvgIpc) is 2.69. The van der Waals surface area contributed by atoms with Gasteiger partial charge in [0.15, 0.2) is 0 Å². The molecule has 0 bridgehead atoms. The van der Waals surface area contributed by atoms with E-state index in [0.29, 0.717) is 18.2 Å². The third kappa shape index (κ3) is 4.98. The van der Waals surface area contributed by atoms with Crippen molar-refractivity contribution < 1.29 is 9.53 Å². The monoisotopic (exact) mass is 369 g/mol. The van der Waals surface area contributed by atoms with Gasteiger partial charge in [-0.25, -0.2) is 0 Å². The standard InChI is InChI=1S/C21H27N3O3/c1-24-13-10-15(11-14-24)9-12-22-20(25)18-7-8-19(23-21(18)26)16-3-5-17(27-2)6-4-16/h3-8,15H,9-14H2,1-2H3,(H,22,25)(H,23,26). The first kappa shape index (κ1) is 19.2. The SMILES string of the molecule is COc1ccc(-c2ccc(C(=O)NCCC3CCN(C)CC3)c(=O)[nH]2)cc1. The minimum atomic E-state index is -0.375. The van der Waals surface area contributed by atoms with E-state index < -0.39 is 0 Å². The molecule has 144 valence electrons. The van der Waals surface area contributed by atoms with Crippen LogP contribution in [0.1, 0.15) is 29.6 Å². The van der Waals surface area contributed by atoms with Gasteiger partial charge in [0.05, 0.1) is 7.11 Å². The van der Waals surface area contributed by atoms with Gasteiger partial charge >= 0.3 is 0 Å². The summed E-state index contributed by atoms with van der Waals surface area (Å²) in [4.78, 5) is 29.8. The van der Waals surface area contributed by atoms with Crippen LogP contribution < -0.4 is 15.6 Å². The van der Waals surface area contributed by atoms with Crippen molar-refractivity contribution >= 4 is 5.91 Å². The summed E-state index contributed by atoms with van der Waals surface area (Å²) in [6.45, 7) is 2.84. The highest BCUT2D eigenvalue weighted by atomic mass is 16.5. The second kappa shape index (κ2) is 8.86. The molecule has 1 aliphatic rings. The highest BCUT2D eigenvalue weighted by molar-refractivity contribution is 5.94. The van der Waals surface area contributed by atoms with Crippen molar-refractivity contribution in [1.29, 1.82) is 0 Å². The van der Waals surface area contributed by atoms with Gasteiger partial charge < -0.3 is 19.9 Å². The van der Waals surface area contributed by atoms with Crippen molar-refractivity contribution in [3.63, 3.8) is 0 Å². The summed E-state index contributed by atoms with van der Waals surface area (Å²) in [5.74, 6) is 1.09. The summed E-state index contributed by atoms with van der Waals surface area (Å²) in [6, 6.07) is 10.7. The number of nitrogens with zero attached hydrogens (tertiary/aromatic N) is 1. The molecule has 0 saturated carbocycles. The van der Waals surface area contributed by atoms with Crippen LogP contribution in [0.15, 0.2) is 41.2 Å². The number of hydrogen-bond acceptors (Lipinski definition) is 4. The Hall–Kier alpha value is -2.60. The molecule has 0 unspecified atom stereocenters. The minimum Gasteiger partial charge on any atom is -0.497 e. The number of piperidine rings is 1. The summed E-state index contributed by atoms with van der Waals surface area (Å²) in [7, 11) is 3.75. The number of likely N-dealkylation sites (tertiary alicyclic amines) is 1. The number of amides is 1. The van der Waals surface area contributed by atoms with Gasteiger partial charge in [0, 0.05) is 12.2 Å². The Bertz CT molecular complexity index is 821. The van der Waals surface area contributed by atoms with Gasteiger partial charge in [0.25, 0.3) is 11.5 Å². The molecular formula is C21H27N3O3. The predicted molar refractivity (Wildman–Crippen MR) is 106 cm³/mol. The number of rotatable bonds is 6. The molecule has 6 heteroatoms. The molecule has 1 amide bonds. The van der Waals surface area contributed by atoms with Crippen LogP contribution in [0, 0.1) is 5.92 Å². The molecule has 1 aliphatic heterocycles. The van der Waals surface area contributed by atoms with E-state index >= 15 is 0 Å². The number of aromatic amines is 1. The predicted octanol–water partition coefficient (Wildman–Crippen LogP) is 2.51. The largest absolute Gasteiger partial charge is 0.497 e. The molecule has 0 spiro atoms. The summed E-state index contributed by atoms with van der Waals surface area (Å²) in [6.07, 6.45) is 3.30. The number of hydrogen-bond donors (Lipinski definition) is 2. The summed E-state index contributed by atoms with van der Waals surface area (Å²) >= 11 is 0. The van der Waals surface area contributed by atoms with E-state index in [1.54, 1.807) is 19.2 Å². The second-order valence-electron chi connectivity index (χ2n) is 7.13. The molecule has 0 atom stereocenters. The highest BCUT2D eigenvalue weighted by Gasteiger charge is 2.17. The first-order chi connectivity index (χ1) is 13.1. The van der Waals surface area contributed by atoms with Crippen LogP contribution in [0.5, 0.6) is 5.75 Å². The first-order valence-electron chi connectivity index (χ1n) is 9.41. The third-order valence-corrected chi connectivity index (χ3v) is 5.23. The lowest BCUT2D eigenvalue weighted by Crippen LogP contribution is -2.34. The second-order valence-corrected chi connectivity index (χ2v) is 7.13. The van der Waals surface area contributed by atoms with E-state index in [0.717, 1.165) is 30.8 Å². The van der Waals surface area contributed by atoms with Crippen LogP contribution in [0.2, 0.25) is 0 Å². The molecular weight excluding hydrogens is 342 g/mol. The Kier molecular flexibility index (Phi) is 6.29. The fourth-order valence-corrected chi connectivity index (χ4v) is 3.43. The lowest BCUT2D eigenvalue weighted by Gasteiger charge is -2.28. The maximum atomic E-state index is 12.3. The Morgan fingerprint density at radius 2 is 1.89 bits per heavy atom. The van der Waals surface area contributed by atoms with E-state index in [4.69, 9.17) is 4.74 Å². The van der Waals surface area contributed by atoms with Crippen LogP contribution in [0.25, 0.3) is 11.3 Å². The molecule has 1 aromatic carbocycles. The quantitative estimate of drug-likeness (QED) is 0.821. The van der Waals surface area contributed by atoms with Gasteiger partial charge in [-0.3, -0.25) is 9.59 Å². The zero-order valence-electron chi connectivity index (χ0n) is 16.0. The molecule has 6 nitrogen and oxygen atoms in total. The number of carbonyl (C=O) groups excluding carboxylic acids is 1. The smallest absolute Gasteiger partial charge is 0.261 e. The first-order valence-corrected chi connectivity index (χ1v) is 9.41. The molecule has 0 aliphatic carbocycles. The molecule has 3 rings (SSSR count). The maximum Gasteiger partial charge on any atom is 0.261 e. The van der Waals surface area contributed by atoms with Gasteiger partial charge in [0.2, 0.25) is 0 Å². The van der Waals surface area contributed by atoms with Gasteiger partial charge in [-0.15, -0.1) is 0 Å². The van der Waals surface area contributed by atoms with Crippen LogP contribution in [0.4, 0.5) is 0 Å². The van der Waals surface area contributed by atoms with Crippen molar-refractivity contribution in [3.05, 3.63) is 52.3 Å². The van der Waals surface area contributed by atoms with Crippen molar-refractivity contribution in [2.24, 2.45) is 5.92 Å². The molecule has 1 fully saturated rings. The molecule has 2 aromatic rings. The topological polar surface area (TPSA) is 74.4 Å². The van der Waals surface area contributed by atoms with Gasteiger partial charge in [0.1, 0.15) is 11.3 Å². The summed E-state index contributed by atoms with van der Waals surface area (Å²) < 4.78 is 5.14. The van der Waals surface area contributed by atoms with Crippen molar-refractivity contribution in [1.82, 2.24) is 15.2 Å². The number of nitrogens with one attached hydrogen (secondary N) is 2. The Morgan fingerprint density at radius 3 is 2.52 bits per heavy atom. The van der Waals surface area contributed by atoms with Crippen LogP contribution in [-0.2, 0) is 0 Å². The van der Waals surface area contributed by atoms with Gasteiger partial charge in [-0.05, 0) is 87.3 Å². The van der Waals surface area contributed by atoms with Crippen molar-refractivity contribution in [2.45, 2.75) is 19.3 Å². The third-order valence-electron chi connectivity index (χ3n) is 5.23. The molecule has 2 N–H and O–H groups in total.